The predicted octanol–water partition coefficient (Wildman–Crippen LogP) is 4.76. The number of nitrogens with two attached hydrogens (primary N) is 1. The first-order valence-corrected chi connectivity index (χ1v) is 10.9. The maximum atomic E-state index is 13.5. The summed E-state index contributed by atoms with van der Waals surface area (Å²) in [5, 5.41) is 17.1. The molecule has 0 spiro atoms. The largest absolute Gasteiger partial charge is 0.493 e. The molecule has 1 unspecified atom stereocenters. The molecule has 3 aromatic rings. The molecule has 2 aromatic carbocycles. The van der Waals surface area contributed by atoms with Gasteiger partial charge in [-0.2, -0.15) is 5.26 Å². The van der Waals surface area contributed by atoms with Crippen molar-refractivity contribution in [3.63, 3.8) is 0 Å². The van der Waals surface area contributed by atoms with Crippen LogP contribution in [-0.2, 0) is 0 Å². The van der Waals surface area contributed by atoms with Gasteiger partial charge in [-0.3, -0.25) is 5.10 Å². The zero-order valence-corrected chi connectivity index (χ0v) is 18.1. The molecule has 2 aliphatic rings. The van der Waals surface area contributed by atoms with Gasteiger partial charge in [-0.1, -0.05) is 6.07 Å². The molecular weight excluding hydrogens is 423 g/mol. The minimum Gasteiger partial charge on any atom is -0.493 e. The number of ether oxygens (including phenoxy) is 3. The normalized spacial score (nSPS) is 17.9. The summed E-state index contributed by atoms with van der Waals surface area (Å²) < 4.78 is 30.9. The number of nitrogens with one attached hydrogen (secondary N) is 1. The van der Waals surface area contributed by atoms with Crippen molar-refractivity contribution in [1.82, 2.24) is 10.2 Å². The van der Waals surface area contributed by atoms with Crippen LogP contribution in [0.4, 0.5) is 4.39 Å². The molecule has 1 fully saturated rings. The van der Waals surface area contributed by atoms with Gasteiger partial charge in [0.05, 0.1) is 30.4 Å². The van der Waals surface area contributed by atoms with Crippen LogP contribution < -0.4 is 19.9 Å². The second-order valence-electron chi connectivity index (χ2n) is 8.18. The van der Waals surface area contributed by atoms with Gasteiger partial charge >= 0.3 is 0 Å². The van der Waals surface area contributed by atoms with E-state index in [0.29, 0.717) is 28.3 Å². The first kappa shape index (κ1) is 20.9. The van der Waals surface area contributed by atoms with Crippen LogP contribution in [0.5, 0.6) is 17.4 Å². The van der Waals surface area contributed by atoms with Crippen LogP contribution in [0, 0.1) is 17.1 Å². The van der Waals surface area contributed by atoms with Gasteiger partial charge in [-0.25, -0.2) is 4.39 Å². The van der Waals surface area contributed by atoms with E-state index in [4.69, 9.17) is 19.9 Å². The molecule has 1 aliphatic carbocycles. The molecule has 33 heavy (non-hydrogen) atoms. The maximum absolute atomic E-state index is 13.5. The molecule has 168 valence electrons. The number of hydrogen-bond acceptors (Lipinski definition) is 6. The van der Waals surface area contributed by atoms with E-state index in [-0.39, 0.29) is 29.3 Å². The number of H-pyrrole nitrogens is 1. The third-order valence-corrected chi connectivity index (χ3v) is 6.19. The number of nitriles is 1. The number of fused-ring (bicyclic) bond motifs is 1. The summed E-state index contributed by atoms with van der Waals surface area (Å²) in [7, 11) is 1.59. The number of allylic oxidation sites excluding steroid dienone is 1. The Bertz CT molecular complexity index is 1250. The molecule has 1 aromatic heterocycles. The predicted molar refractivity (Wildman–Crippen MR) is 119 cm³/mol. The summed E-state index contributed by atoms with van der Waals surface area (Å²) in [5.41, 5.74) is 9.11. The van der Waals surface area contributed by atoms with E-state index < -0.39 is 5.92 Å². The van der Waals surface area contributed by atoms with Crippen molar-refractivity contribution in [3.8, 4) is 34.7 Å². The lowest BCUT2D eigenvalue weighted by Crippen LogP contribution is -2.21. The Hall–Kier alpha value is -3.99. The SMILES string of the molecule is COc1cc(C2C(C#N)=C(N)Oc3n[nH]c(-c4ccc(F)cc4)c32)ccc1OC1CCCC1. The van der Waals surface area contributed by atoms with Crippen molar-refractivity contribution in [2.45, 2.75) is 37.7 Å². The molecular formula is C25H23FN4O3. The van der Waals surface area contributed by atoms with Gasteiger partial charge in [0.15, 0.2) is 11.5 Å². The molecule has 1 atom stereocenters. The first-order valence-electron chi connectivity index (χ1n) is 10.9. The highest BCUT2D eigenvalue weighted by atomic mass is 19.1. The van der Waals surface area contributed by atoms with Crippen molar-refractivity contribution in [2.75, 3.05) is 7.11 Å². The number of methoxy groups -OCH3 is 1. The molecule has 5 rings (SSSR count). The second kappa shape index (κ2) is 8.51. The summed E-state index contributed by atoms with van der Waals surface area (Å²) >= 11 is 0. The van der Waals surface area contributed by atoms with Crippen LogP contribution in [-0.4, -0.2) is 23.4 Å². The Morgan fingerprint density at radius 1 is 1.15 bits per heavy atom. The molecule has 7 nitrogen and oxygen atoms in total. The van der Waals surface area contributed by atoms with E-state index in [2.05, 4.69) is 16.3 Å². The van der Waals surface area contributed by atoms with E-state index in [1.165, 1.54) is 12.1 Å². The third kappa shape index (κ3) is 3.76. The Morgan fingerprint density at radius 3 is 2.61 bits per heavy atom. The highest BCUT2D eigenvalue weighted by molar-refractivity contribution is 5.71. The standard InChI is InChI=1S/C25H23FN4O3/c1-31-20-12-15(8-11-19(20)32-17-4-2-3-5-17)21-18(13-27)24(28)33-25-22(21)23(29-30-25)14-6-9-16(26)10-7-14/h6-12,17,21H,2-5,28H2,1H3,(H,29,30). The molecule has 1 saturated carbocycles. The number of aromatic amines is 1. The van der Waals surface area contributed by atoms with Crippen LogP contribution in [0.2, 0.25) is 0 Å². The number of benzene rings is 2. The van der Waals surface area contributed by atoms with Crippen LogP contribution in [0.3, 0.4) is 0 Å². The molecule has 8 heteroatoms. The zero-order chi connectivity index (χ0) is 22.9. The van der Waals surface area contributed by atoms with Crippen LogP contribution >= 0.6 is 0 Å². The Balaban J connectivity index is 1.60. The summed E-state index contributed by atoms with van der Waals surface area (Å²) in [6.07, 6.45) is 4.57. The molecule has 0 saturated heterocycles. The highest BCUT2D eigenvalue weighted by Crippen LogP contribution is 2.47. The second-order valence-corrected chi connectivity index (χ2v) is 8.18. The lowest BCUT2D eigenvalue weighted by Gasteiger charge is -2.25. The Kier molecular flexibility index (Phi) is 5.38. The maximum Gasteiger partial charge on any atom is 0.244 e. The fraction of sp³-hybridized carbons (Fsp3) is 0.280. The fourth-order valence-corrected chi connectivity index (χ4v) is 4.56. The van der Waals surface area contributed by atoms with E-state index >= 15 is 0 Å². The minimum atomic E-state index is -0.549. The fourth-order valence-electron chi connectivity index (χ4n) is 4.56. The number of rotatable bonds is 5. The van der Waals surface area contributed by atoms with E-state index in [0.717, 1.165) is 31.2 Å². The molecule has 0 amide bonds. The number of aromatic nitrogens is 2. The molecule has 0 bridgehead atoms. The lowest BCUT2D eigenvalue weighted by molar-refractivity contribution is 0.200. The number of halogens is 1. The van der Waals surface area contributed by atoms with Gasteiger partial charge in [-0.15, -0.1) is 5.10 Å². The van der Waals surface area contributed by atoms with Gasteiger partial charge < -0.3 is 19.9 Å². The van der Waals surface area contributed by atoms with E-state index in [9.17, 15) is 9.65 Å². The minimum absolute atomic E-state index is 0.00240. The van der Waals surface area contributed by atoms with Gasteiger partial charge in [0.1, 0.15) is 17.5 Å². The van der Waals surface area contributed by atoms with E-state index in [1.807, 2.05) is 18.2 Å². The van der Waals surface area contributed by atoms with E-state index in [1.54, 1.807) is 19.2 Å². The summed E-state index contributed by atoms with van der Waals surface area (Å²) in [6, 6.07) is 13.8. The first-order chi connectivity index (χ1) is 16.1. The lowest BCUT2D eigenvalue weighted by atomic mass is 9.83. The quantitative estimate of drug-likeness (QED) is 0.585. The summed E-state index contributed by atoms with van der Waals surface area (Å²) in [5.74, 6) is 0.631. The van der Waals surface area contributed by atoms with Gasteiger partial charge in [-0.05, 0) is 67.6 Å². The van der Waals surface area contributed by atoms with Gasteiger partial charge in [0, 0.05) is 5.56 Å². The van der Waals surface area contributed by atoms with Crippen molar-refractivity contribution < 1.29 is 18.6 Å². The molecule has 3 N–H and O–H groups in total. The Morgan fingerprint density at radius 2 is 1.91 bits per heavy atom. The van der Waals surface area contributed by atoms with Gasteiger partial charge in [0.2, 0.25) is 11.8 Å². The van der Waals surface area contributed by atoms with Crippen molar-refractivity contribution in [2.24, 2.45) is 5.73 Å². The average molecular weight is 446 g/mol. The van der Waals surface area contributed by atoms with Crippen LogP contribution in [0.1, 0.15) is 42.7 Å². The van der Waals surface area contributed by atoms with Crippen molar-refractivity contribution >= 4 is 0 Å². The number of hydrogen-bond donors (Lipinski definition) is 2. The summed E-state index contributed by atoms with van der Waals surface area (Å²) in [4.78, 5) is 0. The van der Waals surface area contributed by atoms with Gasteiger partial charge in [0.25, 0.3) is 0 Å². The smallest absolute Gasteiger partial charge is 0.244 e. The topological polar surface area (TPSA) is 106 Å². The van der Waals surface area contributed by atoms with Crippen molar-refractivity contribution in [1.29, 1.82) is 5.26 Å². The monoisotopic (exact) mass is 446 g/mol. The Labute approximate surface area is 190 Å². The summed E-state index contributed by atoms with van der Waals surface area (Å²) in [6.45, 7) is 0. The van der Waals surface area contributed by atoms with Crippen LogP contribution in [0.15, 0.2) is 53.9 Å². The highest BCUT2D eigenvalue weighted by Gasteiger charge is 2.36. The van der Waals surface area contributed by atoms with Crippen molar-refractivity contribution in [3.05, 3.63) is 70.9 Å². The number of nitrogens with zero attached hydrogens (tertiary/aromatic N) is 2. The molecule has 1 aliphatic heterocycles. The molecule has 2 heterocycles. The zero-order valence-electron chi connectivity index (χ0n) is 18.1. The molecule has 0 radical (unpaired) electrons. The van der Waals surface area contributed by atoms with Crippen LogP contribution in [0.25, 0.3) is 11.3 Å². The average Bonchev–Trinajstić information content (AvgIpc) is 3.49. The third-order valence-electron chi connectivity index (χ3n) is 6.19.